The number of aliphatic carboxylic acids is 1. The molecule has 19 heavy (non-hydrogen) atoms. The van der Waals surface area contributed by atoms with Crippen molar-refractivity contribution in [3.05, 3.63) is 40.5 Å². The molecule has 0 amide bonds. The standard InChI is InChI=1S/C14H14ClNO3/c1-8-10-5-3-4-6-11(10)16-12(13(8)15)7-19-9(2)14(17)18/h3-6,9H,7H2,1-2H3,(H,17,18)/t9-/m0/s1. The molecule has 1 atom stereocenters. The molecule has 0 unspecified atom stereocenters. The number of aromatic nitrogens is 1. The summed E-state index contributed by atoms with van der Waals surface area (Å²) in [6.45, 7) is 3.47. The largest absolute Gasteiger partial charge is 0.479 e. The minimum atomic E-state index is -1.01. The molecule has 100 valence electrons. The number of fused-ring (bicyclic) bond motifs is 1. The molecule has 1 aromatic heterocycles. The second kappa shape index (κ2) is 5.55. The molecule has 2 aromatic rings. The van der Waals surface area contributed by atoms with E-state index in [2.05, 4.69) is 4.98 Å². The van der Waals surface area contributed by atoms with Crippen molar-refractivity contribution in [3.8, 4) is 0 Å². The van der Waals surface area contributed by atoms with Gasteiger partial charge in [-0.05, 0) is 25.5 Å². The molecule has 0 saturated heterocycles. The fraction of sp³-hybridized carbons (Fsp3) is 0.286. The molecule has 0 fully saturated rings. The molecule has 0 spiro atoms. The highest BCUT2D eigenvalue weighted by Crippen LogP contribution is 2.27. The lowest BCUT2D eigenvalue weighted by atomic mass is 10.1. The van der Waals surface area contributed by atoms with Gasteiger partial charge in [0.15, 0.2) is 6.10 Å². The van der Waals surface area contributed by atoms with Crippen LogP contribution in [0.2, 0.25) is 5.02 Å². The molecule has 5 heteroatoms. The fourth-order valence-corrected chi connectivity index (χ4v) is 1.99. The van der Waals surface area contributed by atoms with Gasteiger partial charge in [-0.15, -0.1) is 0 Å². The van der Waals surface area contributed by atoms with E-state index in [1.807, 2.05) is 31.2 Å². The van der Waals surface area contributed by atoms with Crippen molar-refractivity contribution >= 4 is 28.5 Å². The van der Waals surface area contributed by atoms with Crippen LogP contribution < -0.4 is 0 Å². The molecular formula is C14H14ClNO3. The van der Waals surface area contributed by atoms with Gasteiger partial charge in [0.1, 0.15) is 0 Å². The van der Waals surface area contributed by atoms with Crippen LogP contribution in [0, 0.1) is 6.92 Å². The maximum Gasteiger partial charge on any atom is 0.332 e. The predicted octanol–water partition coefficient (Wildman–Crippen LogP) is 3.19. The summed E-state index contributed by atoms with van der Waals surface area (Å²) < 4.78 is 5.23. The number of benzene rings is 1. The number of carboxylic acids is 1. The summed E-state index contributed by atoms with van der Waals surface area (Å²) in [5.74, 6) is -1.01. The molecular weight excluding hydrogens is 266 g/mol. The zero-order chi connectivity index (χ0) is 14.0. The Hall–Kier alpha value is -1.65. The van der Waals surface area contributed by atoms with Crippen LogP contribution in [0.1, 0.15) is 18.2 Å². The van der Waals surface area contributed by atoms with E-state index in [1.54, 1.807) is 0 Å². The molecule has 0 bridgehead atoms. The zero-order valence-corrected chi connectivity index (χ0v) is 11.4. The van der Waals surface area contributed by atoms with E-state index in [9.17, 15) is 4.79 Å². The van der Waals surface area contributed by atoms with Crippen molar-refractivity contribution in [1.82, 2.24) is 4.98 Å². The molecule has 1 aromatic carbocycles. The Bertz CT molecular complexity index is 627. The van der Waals surface area contributed by atoms with Crippen molar-refractivity contribution in [2.45, 2.75) is 26.6 Å². The summed E-state index contributed by atoms with van der Waals surface area (Å²) in [4.78, 5) is 15.1. The highest BCUT2D eigenvalue weighted by Gasteiger charge is 2.15. The smallest absolute Gasteiger partial charge is 0.332 e. The lowest BCUT2D eigenvalue weighted by molar-refractivity contribution is -0.149. The second-order valence-electron chi connectivity index (χ2n) is 4.31. The van der Waals surface area contributed by atoms with E-state index < -0.39 is 12.1 Å². The third kappa shape index (κ3) is 2.85. The van der Waals surface area contributed by atoms with Gasteiger partial charge in [-0.3, -0.25) is 0 Å². The number of hydrogen-bond donors (Lipinski definition) is 1. The van der Waals surface area contributed by atoms with Crippen LogP contribution in [0.5, 0.6) is 0 Å². The first kappa shape index (κ1) is 13.8. The molecule has 0 radical (unpaired) electrons. The van der Waals surface area contributed by atoms with Gasteiger partial charge in [-0.25, -0.2) is 9.78 Å². The van der Waals surface area contributed by atoms with Gasteiger partial charge in [0.25, 0.3) is 0 Å². The van der Waals surface area contributed by atoms with E-state index in [1.165, 1.54) is 6.92 Å². The first-order chi connectivity index (χ1) is 9.00. The Labute approximate surface area is 116 Å². The topological polar surface area (TPSA) is 59.4 Å². The lowest BCUT2D eigenvalue weighted by Gasteiger charge is -2.12. The highest BCUT2D eigenvalue weighted by molar-refractivity contribution is 6.32. The van der Waals surface area contributed by atoms with Crippen molar-refractivity contribution in [2.75, 3.05) is 0 Å². The van der Waals surface area contributed by atoms with Crippen LogP contribution in [-0.4, -0.2) is 22.2 Å². The van der Waals surface area contributed by atoms with Gasteiger partial charge in [0.2, 0.25) is 0 Å². The number of pyridine rings is 1. The number of carbonyl (C=O) groups is 1. The molecule has 0 aliphatic heterocycles. The first-order valence-corrected chi connectivity index (χ1v) is 6.26. The van der Waals surface area contributed by atoms with Crippen molar-refractivity contribution < 1.29 is 14.6 Å². The SMILES string of the molecule is Cc1c(Cl)c(CO[C@@H](C)C(=O)O)nc2ccccc12. The van der Waals surface area contributed by atoms with Crippen LogP contribution in [0.25, 0.3) is 10.9 Å². The number of rotatable bonds is 4. The number of aryl methyl sites for hydroxylation is 1. The number of para-hydroxylation sites is 1. The van der Waals surface area contributed by atoms with Gasteiger partial charge < -0.3 is 9.84 Å². The van der Waals surface area contributed by atoms with Gasteiger partial charge in [-0.2, -0.15) is 0 Å². The van der Waals surface area contributed by atoms with E-state index in [0.29, 0.717) is 10.7 Å². The maximum atomic E-state index is 10.7. The normalized spacial score (nSPS) is 12.6. The third-order valence-corrected chi connectivity index (χ3v) is 3.47. The third-order valence-electron chi connectivity index (χ3n) is 2.96. The van der Waals surface area contributed by atoms with E-state index >= 15 is 0 Å². The highest BCUT2D eigenvalue weighted by atomic mass is 35.5. The van der Waals surface area contributed by atoms with E-state index in [-0.39, 0.29) is 6.61 Å². The molecule has 0 saturated carbocycles. The average molecular weight is 280 g/mol. The van der Waals surface area contributed by atoms with Gasteiger partial charge in [0.05, 0.1) is 22.8 Å². The predicted molar refractivity (Wildman–Crippen MR) is 73.4 cm³/mol. The number of ether oxygens (including phenoxy) is 1. The molecule has 0 aliphatic carbocycles. The van der Waals surface area contributed by atoms with Crippen LogP contribution in [0.15, 0.2) is 24.3 Å². The monoisotopic (exact) mass is 279 g/mol. The summed E-state index contributed by atoms with van der Waals surface area (Å²) in [6, 6.07) is 7.67. The number of hydrogen-bond acceptors (Lipinski definition) is 3. The summed E-state index contributed by atoms with van der Waals surface area (Å²) in [5.41, 5.74) is 2.31. The summed E-state index contributed by atoms with van der Waals surface area (Å²) >= 11 is 6.25. The van der Waals surface area contributed by atoms with E-state index in [4.69, 9.17) is 21.4 Å². The lowest BCUT2D eigenvalue weighted by Crippen LogP contribution is -2.20. The summed E-state index contributed by atoms with van der Waals surface area (Å²) in [6.07, 6.45) is -0.885. The Kier molecular flexibility index (Phi) is 4.02. The number of carboxylic acid groups (broad SMARTS) is 1. The number of nitrogens with zero attached hydrogens (tertiary/aromatic N) is 1. The Morgan fingerprint density at radius 3 is 2.84 bits per heavy atom. The van der Waals surface area contributed by atoms with Gasteiger partial charge >= 0.3 is 5.97 Å². The Balaban J connectivity index is 2.33. The van der Waals surface area contributed by atoms with Crippen molar-refractivity contribution in [2.24, 2.45) is 0 Å². The minimum absolute atomic E-state index is 0.0813. The minimum Gasteiger partial charge on any atom is -0.479 e. The van der Waals surface area contributed by atoms with Crippen molar-refractivity contribution in [1.29, 1.82) is 0 Å². The van der Waals surface area contributed by atoms with Crippen molar-refractivity contribution in [3.63, 3.8) is 0 Å². The zero-order valence-electron chi connectivity index (χ0n) is 10.7. The quantitative estimate of drug-likeness (QED) is 0.934. The molecule has 2 rings (SSSR count). The van der Waals surface area contributed by atoms with E-state index in [0.717, 1.165) is 16.5 Å². The second-order valence-corrected chi connectivity index (χ2v) is 4.68. The molecule has 4 nitrogen and oxygen atoms in total. The van der Waals surface area contributed by atoms with Crippen LogP contribution >= 0.6 is 11.6 Å². The molecule has 1 heterocycles. The Morgan fingerprint density at radius 2 is 2.16 bits per heavy atom. The van der Waals surface area contributed by atoms with Crippen LogP contribution in [-0.2, 0) is 16.1 Å². The van der Waals surface area contributed by atoms with Gasteiger partial charge in [-0.1, -0.05) is 29.8 Å². The summed E-state index contributed by atoms with van der Waals surface area (Å²) in [7, 11) is 0. The fourth-order valence-electron chi connectivity index (χ4n) is 1.79. The molecule has 1 N–H and O–H groups in total. The van der Waals surface area contributed by atoms with Gasteiger partial charge in [0, 0.05) is 5.39 Å². The van der Waals surface area contributed by atoms with Crippen LogP contribution in [0.4, 0.5) is 0 Å². The summed E-state index contributed by atoms with van der Waals surface area (Å²) in [5, 5.41) is 10.3. The first-order valence-electron chi connectivity index (χ1n) is 5.89. The maximum absolute atomic E-state index is 10.7. The number of halogens is 1. The molecule has 0 aliphatic rings. The average Bonchev–Trinajstić information content (AvgIpc) is 2.40. The van der Waals surface area contributed by atoms with Crippen LogP contribution in [0.3, 0.4) is 0 Å². The Morgan fingerprint density at radius 1 is 1.47 bits per heavy atom.